The summed E-state index contributed by atoms with van der Waals surface area (Å²) in [4.78, 5) is 55.0. The van der Waals surface area contributed by atoms with Crippen molar-refractivity contribution < 1.29 is 19.1 Å². The van der Waals surface area contributed by atoms with Crippen LogP contribution in [-0.2, 0) is 24.2 Å². The Kier molecular flexibility index (Phi) is 7.67. The fraction of sp³-hybridized carbons (Fsp3) is 0.214. The average Bonchev–Trinajstić information content (AvgIpc) is 3.27. The van der Waals surface area contributed by atoms with Gasteiger partial charge in [-0.15, -0.1) is 11.3 Å². The number of nitrogens with one attached hydrogen (secondary N) is 1. The summed E-state index contributed by atoms with van der Waals surface area (Å²) in [6.07, 6.45) is 3.55. The predicted octanol–water partition coefficient (Wildman–Crippen LogP) is 4.53. The Morgan fingerprint density at radius 3 is 2.74 bits per heavy atom. The van der Waals surface area contributed by atoms with Crippen molar-refractivity contribution in [2.24, 2.45) is 0 Å². The minimum Gasteiger partial charge on any atom is -0.497 e. The molecule has 39 heavy (non-hydrogen) atoms. The van der Waals surface area contributed by atoms with Crippen LogP contribution in [0.4, 0.5) is 5.82 Å². The first-order valence-electron chi connectivity index (χ1n) is 12.1. The number of amides is 2. The molecule has 1 N–H and O–H groups in total. The van der Waals surface area contributed by atoms with E-state index in [1.54, 1.807) is 47.5 Å². The third-order valence-electron chi connectivity index (χ3n) is 6.32. The molecule has 2 amide bonds. The number of aryl methyl sites for hydroxylation is 1. The van der Waals surface area contributed by atoms with E-state index < -0.39 is 11.9 Å². The zero-order chi connectivity index (χ0) is 27.5. The highest BCUT2D eigenvalue weighted by Crippen LogP contribution is 2.29. The molecule has 1 aliphatic rings. The highest BCUT2D eigenvalue weighted by Gasteiger charge is 2.37. The molecule has 5 rings (SSSR count). The number of hydrogen-bond donors (Lipinski definition) is 1. The minimum absolute atomic E-state index is 0.0809. The molecular weight excluding hydrogens is 538 g/mol. The maximum atomic E-state index is 13.7. The van der Waals surface area contributed by atoms with E-state index in [9.17, 15) is 14.4 Å². The van der Waals surface area contributed by atoms with Crippen molar-refractivity contribution >= 4 is 46.4 Å². The lowest BCUT2D eigenvalue weighted by Gasteiger charge is -2.29. The van der Waals surface area contributed by atoms with Gasteiger partial charge in [-0.2, -0.15) is 0 Å². The number of Topliss-reactive ketones (excluding diaryl/α,β-unsaturated/α-hetero) is 1. The Bertz CT molecular complexity index is 1560. The molecule has 1 atom stereocenters. The number of aromatic nitrogens is 3. The lowest BCUT2D eigenvalue weighted by Crippen LogP contribution is -2.44. The third kappa shape index (κ3) is 5.81. The van der Waals surface area contributed by atoms with Gasteiger partial charge in [0.05, 0.1) is 40.9 Å². The van der Waals surface area contributed by atoms with Gasteiger partial charge >= 0.3 is 0 Å². The Morgan fingerprint density at radius 2 is 2.00 bits per heavy atom. The molecular formula is C28H24ClN5O4S. The number of methoxy groups -OCH3 is 1. The van der Waals surface area contributed by atoms with E-state index >= 15 is 0 Å². The van der Waals surface area contributed by atoms with Crippen LogP contribution in [0.3, 0.4) is 0 Å². The first-order chi connectivity index (χ1) is 18.8. The predicted molar refractivity (Wildman–Crippen MR) is 147 cm³/mol. The standard InChI is InChI=1S/C28H24ClN5O4S/c1-16-32-22-14-24(35)23(12-18-5-3-4-9-30-18)34(28(37)26(22)39-16)15-17-6-7-20(21(29)11-17)27(36)33-25-13-19(38-2)8-10-31-25/h3-11,13,23H,12,14-15H2,1-2H3,(H,31,33,36). The third-order valence-corrected chi connectivity index (χ3v) is 7.63. The van der Waals surface area contributed by atoms with E-state index in [0.29, 0.717) is 33.4 Å². The van der Waals surface area contributed by atoms with E-state index in [4.69, 9.17) is 16.3 Å². The largest absolute Gasteiger partial charge is 0.497 e. The summed E-state index contributed by atoms with van der Waals surface area (Å²) in [5.74, 6) is 0.0700. The first kappa shape index (κ1) is 26.5. The number of ketones is 1. The number of thiazole rings is 1. The van der Waals surface area contributed by atoms with Gasteiger partial charge in [0, 0.05) is 37.1 Å². The molecule has 0 spiro atoms. The molecule has 1 aromatic carbocycles. The van der Waals surface area contributed by atoms with E-state index in [2.05, 4.69) is 20.3 Å². The van der Waals surface area contributed by atoms with Crippen molar-refractivity contribution in [1.82, 2.24) is 19.9 Å². The van der Waals surface area contributed by atoms with Gasteiger partial charge in [-0.1, -0.05) is 23.7 Å². The van der Waals surface area contributed by atoms with Crippen LogP contribution in [0.2, 0.25) is 5.02 Å². The van der Waals surface area contributed by atoms with Crippen LogP contribution in [0.25, 0.3) is 0 Å². The van der Waals surface area contributed by atoms with Crippen LogP contribution in [-0.4, -0.2) is 50.6 Å². The van der Waals surface area contributed by atoms with Crippen LogP contribution in [0.5, 0.6) is 5.75 Å². The summed E-state index contributed by atoms with van der Waals surface area (Å²) in [6, 6.07) is 13.0. The molecule has 0 bridgehead atoms. The SMILES string of the molecule is COc1ccnc(NC(=O)c2ccc(CN3C(=O)c4sc(C)nc4CC(=O)C3Cc3ccccn3)cc2Cl)c1. The van der Waals surface area contributed by atoms with Crippen molar-refractivity contribution in [2.45, 2.75) is 32.4 Å². The molecule has 0 saturated carbocycles. The number of hydrogen-bond acceptors (Lipinski definition) is 8. The van der Waals surface area contributed by atoms with Gasteiger partial charge in [0.1, 0.15) is 16.4 Å². The summed E-state index contributed by atoms with van der Waals surface area (Å²) < 4.78 is 5.17. The molecule has 0 radical (unpaired) electrons. The lowest BCUT2D eigenvalue weighted by molar-refractivity contribution is -0.122. The number of anilines is 1. The Hall–Kier alpha value is -4.15. The van der Waals surface area contributed by atoms with E-state index in [0.717, 1.165) is 5.01 Å². The molecule has 4 heterocycles. The Labute approximate surface area is 233 Å². The van der Waals surface area contributed by atoms with Crippen molar-refractivity contribution in [1.29, 1.82) is 0 Å². The van der Waals surface area contributed by atoms with Gasteiger partial charge in [-0.05, 0) is 42.8 Å². The molecule has 198 valence electrons. The quantitative estimate of drug-likeness (QED) is 0.352. The topological polar surface area (TPSA) is 114 Å². The van der Waals surface area contributed by atoms with Crippen LogP contribution >= 0.6 is 22.9 Å². The fourth-order valence-electron chi connectivity index (χ4n) is 4.44. The van der Waals surface area contributed by atoms with Crippen LogP contribution in [0.15, 0.2) is 60.9 Å². The van der Waals surface area contributed by atoms with E-state index in [1.807, 2.05) is 19.1 Å². The lowest BCUT2D eigenvalue weighted by atomic mass is 10.0. The fourth-order valence-corrected chi connectivity index (χ4v) is 5.62. The molecule has 0 aliphatic carbocycles. The minimum atomic E-state index is -0.727. The van der Waals surface area contributed by atoms with E-state index in [-0.39, 0.29) is 41.7 Å². The number of halogens is 1. The summed E-state index contributed by atoms with van der Waals surface area (Å²) in [5.41, 5.74) is 2.14. The molecule has 3 aromatic heterocycles. The van der Waals surface area contributed by atoms with Gasteiger partial charge in [-0.25, -0.2) is 9.97 Å². The summed E-state index contributed by atoms with van der Waals surface area (Å²) in [5, 5.41) is 3.64. The monoisotopic (exact) mass is 561 g/mol. The maximum absolute atomic E-state index is 13.7. The van der Waals surface area contributed by atoms with Crippen molar-refractivity contribution in [2.75, 3.05) is 12.4 Å². The zero-order valence-electron chi connectivity index (χ0n) is 21.2. The Balaban J connectivity index is 1.42. The second-order valence-electron chi connectivity index (χ2n) is 8.98. The molecule has 4 aromatic rings. The van der Waals surface area contributed by atoms with Gasteiger partial charge in [-0.3, -0.25) is 19.4 Å². The number of pyridine rings is 2. The molecule has 1 unspecified atom stereocenters. The summed E-state index contributed by atoms with van der Waals surface area (Å²) in [6.45, 7) is 1.94. The summed E-state index contributed by atoms with van der Waals surface area (Å²) in [7, 11) is 1.52. The number of carbonyl (C=O) groups excluding carboxylic acids is 3. The van der Waals surface area contributed by atoms with Crippen molar-refractivity contribution in [3.8, 4) is 5.75 Å². The van der Waals surface area contributed by atoms with Crippen LogP contribution in [0.1, 0.15) is 42.0 Å². The smallest absolute Gasteiger partial charge is 0.266 e. The second kappa shape index (κ2) is 11.3. The normalized spacial score (nSPS) is 15.1. The van der Waals surface area contributed by atoms with Gasteiger partial charge in [0.15, 0.2) is 5.78 Å². The molecule has 9 nitrogen and oxygen atoms in total. The zero-order valence-corrected chi connectivity index (χ0v) is 22.8. The number of benzene rings is 1. The average molecular weight is 562 g/mol. The highest BCUT2D eigenvalue weighted by atomic mass is 35.5. The van der Waals surface area contributed by atoms with Crippen molar-refractivity contribution in [3.63, 3.8) is 0 Å². The Morgan fingerprint density at radius 1 is 1.15 bits per heavy atom. The second-order valence-corrected chi connectivity index (χ2v) is 10.6. The van der Waals surface area contributed by atoms with Gasteiger partial charge < -0.3 is 15.0 Å². The van der Waals surface area contributed by atoms with Crippen molar-refractivity contribution in [3.05, 3.63) is 98.3 Å². The number of rotatable bonds is 7. The molecule has 0 saturated heterocycles. The number of ether oxygens (including phenoxy) is 1. The molecule has 1 aliphatic heterocycles. The van der Waals surface area contributed by atoms with E-state index in [1.165, 1.54) is 24.6 Å². The first-order valence-corrected chi connectivity index (χ1v) is 13.3. The number of fused-ring (bicyclic) bond motifs is 1. The van der Waals surface area contributed by atoms with Crippen LogP contribution < -0.4 is 10.1 Å². The maximum Gasteiger partial charge on any atom is 0.266 e. The van der Waals surface area contributed by atoms with Crippen LogP contribution in [0, 0.1) is 6.92 Å². The summed E-state index contributed by atoms with van der Waals surface area (Å²) >= 11 is 7.81. The van der Waals surface area contributed by atoms with Gasteiger partial charge in [0.2, 0.25) is 0 Å². The number of nitrogens with zero attached hydrogens (tertiary/aromatic N) is 4. The van der Waals surface area contributed by atoms with Gasteiger partial charge in [0.25, 0.3) is 11.8 Å². The molecule has 0 fully saturated rings. The highest BCUT2D eigenvalue weighted by molar-refractivity contribution is 7.13. The number of carbonyl (C=O) groups is 3. The molecule has 11 heteroatoms.